The third kappa shape index (κ3) is 4.54. The van der Waals surface area contributed by atoms with Crippen molar-refractivity contribution in [2.45, 2.75) is 13.0 Å². The van der Waals surface area contributed by atoms with Crippen LogP contribution in [0.4, 0.5) is 4.39 Å². The number of imidazole rings is 1. The maximum atomic E-state index is 13.2. The van der Waals surface area contributed by atoms with Gasteiger partial charge in [0.2, 0.25) is 0 Å². The lowest BCUT2D eigenvalue weighted by atomic mass is 10.2. The van der Waals surface area contributed by atoms with Crippen molar-refractivity contribution in [3.05, 3.63) is 100 Å². The summed E-state index contributed by atoms with van der Waals surface area (Å²) in [6.07, 6.45) is 0.593. The first kappa shape index (κ1) is 19.3. The Morgan fingerprint density at radius 2 is 1.83 bits per heavy atom. The first-order valence-corrected chi connectivity index (χ1v) is 10.1. The predicted octanol–water partition coefficient (Wildman–Crippen LogP) is 4.96. The van der Waals surface area contributed by atoms with E-state index in [1.165, 1.54) is 12.1 Å². The molecule has 4 nitrogen and oxygen atoms in total. The van der Waals surface area contributed by atoms with E-state index in [2.05, 4.69) is 25.8 Å². The van der Waals surface area contributed by atoms with Crippen molar-refractivity contribution in [2.24, 2.45) is 0 Å². The zero-order valence-corrected chi connectivity index (χ0v) is 17.2. The van der Waals surface area contributed by atoms with E-state index in [0.717, 1.165) is 26.9 Å². The normalized spacial score (nSPS) is 11.0. The quantitative estimate of drug-likeness (QED) is 0.450. The molecule has 0 saturated carbocycles. The number of nitrogens with one attached hydrogen (secondary N) is 1. The van der Waals surface area contributed by atoms with Gasteiger partial charge in [0.15, 0.2) is 0 Å². The van der Waals surface area contributed by atoms with E-state index in [4.69, 9.17) is 4.98 Å². The van der Waals surface area contributed by atoms with Crippen LogP contribution in [0.1, 0.15) is 21.7 Å². The monoisotopic (exact) mass is 451 g/mol. The van der Waals surface area contributed by atoms with Gasteiger partial charge in [-0.3, -0.25) is 4.79 Å². The molecule has 4 rings (SSSR count). The van der Waals surface area contributed by atoms with Gasteiger partial charge >= 0.3 is 0 Å². The Labute approximate surface area is 176 Å². The molecule has 29 heavy (non-hydrogen) atoms. The van der Waals surface area contributed by atoms with Gasteiger partial charge in [0.1, 0.15) is 11.6 Å². The summed E-state index contributed by atoms with van der Waals surface area (Å²) in [7, 11) is 0. The zero-order valence-electron chi connectivity index (χ0n) is 15.6. The number of aromatic nitrogens is 2. The van der Waals surface area contributed by atoms with Crippen LogP contribution in [0.2, 0.25) is 0 Å². The number of amides is 1. The third-order valence-corrected chi connectivity index (χ3v) is 5.20. The number of carbonyl (C=O) groups excluding carboxylic acids is 1. The van der Waals surface area contributed by atoms with Crippen LogP contribution in [0.15, 0.2) is 77.3 Å². The van der Waals surface area contributed by atoms with E-state index in [9.17, 15) is 9.18 Å². The fourth-order valence-corrected chi connectivity index (χ4v) is 3.68. The van der Waals surface area contributed by atoms with Gasteiger partial charge in [-0.15, -0.1) is 0 Å². The summed E-state index contributed by atoms with van der Waals surface area (Å²) in [4.78, 5) is 17.1. The van der Waals surface area contributed by atoms with Crippen molar-refractivity contribution >= 4 is 32.9 Å². The van der Waals surface area contributed by atoms with Crippen molar-refractivity contribution in [1.82, 2.24) is 14.9 Å². The minimum absolute atomic E-state index is 0.118. The van der Waals surface area contributed by atoms with Crippen LogP contribution in [0.3, 0.4) is 0 Å². The van der Waals surface area contributed by atoms with E-state index in [1.807, 2.05) is 36.4 Å². The second kappa shape index (κ2) is 8.57. The number of carbonyl (C=O) groups is 1. The fraction of sp³-hybridized carbons (Fsp3) is 0.130. The largest absolute Gasteiger partial charge is 0.352 e. The maximum Gasteiger partial charge on any atom is 0.251 e. The Bertz CT molecular complexity index is 1150. The minimum Gasteiger partial charge on any atom is -0.352 e. The summed E-state index contributed by atoms with van der Waals surface area (Å²) in [5.41, 5.74) is 3.53. The highest BCUT2D eigenvalue weighted by atomic mass is 79.9. The van der Waals surface area contributed by atoms with E-state index in [0.29, 0.717) is 25.1 Å². The number of rotatable bonds is 6. The molecule has 0 atom stereocenters. The molecule has 0 saturated heterocycles. The van der Waals surface area contributed by atoms with Gasteiger partial charge in [-0.25, -0.2) is 9.37 Å². The molecule has 1 amide bonds. The molecule has 0 unspecified atom stereocenters. The summed E-state index contributed by atoms with van der Waals surface area (Å²) in [5.74, 6) is 0.511. The molecule has 3 aromatic carbocycles. The molecule has 0 spiro atoms. The van der Waals surface area contributed by atoms with Gasteiger partial charge in [-0.1, -0.05) is 46.3 Å². The third-order valence-electron chi connectivity index (χ3n) is 4.71. The van der Waals surface area contributed by atoms with E-state index in [-0.39, 0.29) is 11.7 Å². The number of hydrogen-bond donors (Lipinski definition) is 1. The molecule has 1 N–H and O–H groups in total. The SMILES string of the molecule is O=C(NCCc1nc2ccccc2n1Cc1ccc(F)cc1)c1cccc(Br)c1. The molecule has 0 fully saturated rings. The predicted molar refractivity (Wildman–Crippen MR) is 115 cm³/mol. The van der Waals surface area contributed by atoms with Crippen LogP contribution in [0.25, 0.3) is 11.0 Å². The lowest BCUT2D eigenvalue weighted by Gasteiger charge is -2.10. The number of halogens is 2. The van der Waals surface area contributed by atoms with E-state index < -0.39 is 0 Å². The second-order valence-corrected chi connectivity index (χ2v) is 7.66. The topological polar surface area (TPSA) is 46.9 Å². The number of nitrogens with zero attached hydrogens (tertiary/aromatic N) is 2. The maximum absolute atomic E-state index is 13.2. The van der Waals surface area contributed by atoms with Crippen LogP contribution in [-0.2, 0) is 13.0 Å². The number of hydrogen-bond acceptors (Lipinski definition) is 2. The Kier molecular flexibility index (Phi) is 5.71. The van der Waals surface area contributed by atoms with E-state index >= 15 is 0 Å². The van der Waals surface area contributed by atoms with Crippen molar-refractivity contribution in [1.29, 1.82) is 0 Å². The molecule has 4 aromatic rings. The van der Waals surface area contributed by atoms with Crippen LogP contribution >= 0.6 is 15.9 Å². The molecule has 0 bridgehead atoms. The van der Waals surface area contributed by atoms with Gasteiger partial charge in [-0.05, 0) is 48.0 Å². The van der Waals surface area contributed by atoms with E-state index in [1.54, 1.807) is 24.3 Å². The molecular weight excluding hydrogens is 433 g/mol. The van der Waals surface area contributed by atoms with Gasteiger partial charge < -0.3 is 9.88 Å². The fourth-order valence-electron chi connectivity index (χ4n) is 3.28. The molecule has 0 aliphatic heterocycles. The molecule has 146 valence electrons. The van der Waals surface area contributed by atoms with Crippen LogP contribution in [0, 0.1) is 5.82 Å². The number of benzene rings is 3. The summed E-state index contributed by atoms with van der Waals surface area (Å²) in [5, 5.41) is 2.95. The van der Waals surface area contributed by atoms with Crippen LogP contribution < -0.4 is 5.32 Å². The Morgan fingerprint density at radius 3 is 2.62 bits per heavy atom. The first-order chi connectivity index (χ1) is 14.1. The average molecular weight is 452 g/mol. The standard InChI is InChI=1S/C23H19BrFN3O/c24-18-5-3-4-17(14-18)23(29)26-13-12-22-27-20-6-1-2-7-21(20)28(22)15-16-8-10-19(25)11-9-16/h1-11,14H,12-13,15H2,(H,26,29). The molecule has 0 aliphatic carbocycles. The lowest BCUT2D eigenvalue weighted by Crippen LogP contribution is -2.26. The highest BCUT2D eigenvalue weighted by molar-refractivity contribution is 9.10. The van der Waals surface area contributed by atoms with Crippen molar-refractivity contribution < 1.29 is 9.18 Å². The second-order valence-electron chi connectivity index (χ2n) is 6.75. The van der Waals surface area contributed by atoms with Crippen molar-refractivity contribution in [2.75, 3.05) is 6.54 Å². The summed E-state index contributed by atoms with van der Waals surface area (Å²) < 4.78 is 16.2. The molecule has 0 aliphatic rings. The Morgan fingerprint density at radius 1 is 1.03 bits per heavy atom. The zero-order chi connectivity index (χ0) is 20.2. The number of para-hydroxylation sites is 2. The molecular formula is C23H19BrFN3O. The highest BCUT2D eigenvalue weighted by Gasteiger charge is 2.12. The summed E-state index contributed by atoms with van der Waals surface area (Å²) in [6.45, 7) is 1.06. The smallest absolute Gasteiger partial charge is 0.251 e. The molecule has 1 aromatic heterocycles. The van der Waals surface area contributed by atoms with Gasteiger partial charge in [0.05, 0.1) is 11.0 Å². The summed E-state index contributed by atoms with van der Waals surface area (Å²) >= 11 is 3.38. The van der Waals surface area contributed by atoms with Crippen molar-refractivity contribution in [3.8, 4) is 0 Å². The average Bonchev–Trinajstić information content (AvgIpc) is 3.07. The van der Waals surface area contributed by atoms with Gasteiger partial charge in [0.25, 0.3) is 5.91 Å². The summed E-state index contributed by atoms with van der Waals surface area (Å²) in [6, 6.07) is 21.7. The van der Waals surface area contributed by atoms with Crippen molar-refractivity contribution in [3.63, 3.8) is 0 Å². The van der Waals surface area contributed by atoms with Gasteiger partial charge in [0, 0.05) is 29.5 Å². The van der Waals surface area contributed by atoms with Gasteiger partial charge in [-0.2, -0.15) is 0 Å². The van der Waals surface area contributed by atoms with Crippen LogP contribution in [0.5, 0.6) is 0 Å². The Balaban J connectivity index is 1.52. The molecule has 6 heteroatoms. The molecule has 1 heterocycles. The first-order valence-electron chi connectivity index (χ1n) is 9.32. The highest BCUT2D eigenvalue weighted by Crippen LogP contribution is 2.19. The number of fused-ring (bicyclic) bond motifs is 1. The molecule has 0 radical (unpaired) electrons. The Hall–Kier alpha value is -2.99. The van der Waals surface area contributed by atoms with Crippen LogP contribution in [-0.4, -0.2) is 22.0 Å². The lowest BCUT2D eigenvalue weighted by molar-refractivity contribution is 0.0954. The minimum atomic E-state index is -0.250.